The summed E-state index contributed by atoms with van der Waals surface area (Å²) in [6, 6.07) is 8.22. The molecule has 0 fully saturated rings. The van der Waals surface area contributed by atoms with Gasteiger partial charge in [-0.05, 0) is 36.1 Å². The number of hydrogen-bond donors (Lipinski definition) is 1. The molecule has 1 N–H and O–H groups in total. The molecule has 2 nitrogen and oxygen atoms in total. The van der Waals surface area contributed by atoms with Crippen LogP contribution < -0.4 is 10.1 Å². The maximum Gasteiger partial charge on any atom is 0.123 e. The Morgan fingerprint density at radius 1 is 1.33 bits per heavy atom. The van der Waals surface area contributed by atoms with Crippen LogP contribution in [0.3, 0.4) is 0 Å². The van der Waals surface area contributed by atoms with Crippen LogP contribution in [0.1, 0.15) is 38.7 Å². The second-order valence-electron chi connectivity index (χ2n) is 4.91. The number of nitrogens with one attached hydrogen (secondary N) is 1. The number of para-hydroxylation sites is 1. The number of hydrogen-bond acceptors (Lipinski definition) is 2. The molecule has 0 bridgehead atoms. The first kappa shape index (κ1) is 14.8. The molecule has 2 heteroatoms. The summed E-state index contributed by atoms with van der Waals surface area (Å²) in [6.45, 7) is 13.0. The number of ether oxygens (including phenoxy) is 1. The highest BCUT2D eigenvalue weighted by atomic mass is 16.5. The molecule has 0 radical (unpaired) electrons. The standard InChI is InChI=1S/C16H25NO/c1-5-10-17-11-14(4)12-18-16-9-7-6-8-15(16)13(2)3/h6-9,13,17H,4-5,10-12H2,1-3H3. The lowest BCUT2D eigenvalue weighted by atomic mass is 10.0. The van der Waals surface area contributed by atoms with E-state index in [1.165, 1.54) is 5.56 Å². The second-order valence-corrected chi connectivity index (χ2v) is 4.91. The van der Waals surface area contributed by atoms with Crippen LogP contribution in [0, 0.1) is 0 Å². The van der Waals surface area contributed by atoms with Gasteiger partial charge in [0.05, 0.1) is 0 Å². The van der Waals surface area contributed by atoms with Gasteiger partial charge in [-0.15, -0.1) is 0 Å². The molecular formula is C16H25NO. The zero-order chi connectivity index (χ0) is 13.4. The van der Waals surface area contributed by atoms with Crippen molar-refractivity contribution in [2.75, 3.05) is 19.7 Å². The number of benzene rings is 1. The van der Waals surface area contributed by atoms with Crippen LogP contribution in [0.5, 0.6) is 5.75 Å². The Morgan fingerprint density at radius 2 is 2.06 bits per heavy atom. The van der Waals surface area contributed by atoms with Gasteiger partial charge in [0, 0.05) is 6.54 Å². The van der Waals surface area contributed by atoms with Gasteiger partial charge in [-0.3, -0.25) is 0 Å². The SMILES string of the molecule is C=C(CNCCC)COc1ccccc1C(C)C. The Balaban J connectivity index is 2.45. The summed E-state index contributed by atoms with van der Waals surface area (Å²) in [4.78, 5) is 0. The van der Waals surface area contributed by atoms with E-state index in [4.69, 9.17) is 4.74 Å². The maximum atomic E-state index is 5.85. The van der Waals surface area contributed by atoms with Gasteiger partial charge < -0.3 is 10.1 Å². The largest absolute Gasteiger partial charge is 0.489 e. The first-order valence-electron chi connectivity index (χ1n) is 6.74. The highest BCUT2D eigenvalue weighted by Gasteiger charge is 2.06. The summed E-state index contributed by atoms with van der Waals surface area (Å²) in [5.41, 5.74) is 2.34. The molecule has 0 heterocycles. The van der Waals surface area contributed by atoms with Crippen LogP contribution in [0.2, 0.25) is 0 Å². The fraction of sp³-hybridized carbons (Fsp3) is 0.500. The van der Waals surface area contributed by atoms with E-state index in [0.717, 1.165) is 30.8 Å². The fourth-order valence-electron chi connectivity index (χ4n) is 1.76. The molecule has 100 valence electrons. The van der Waals surface area contributed by atoms with E-state index in [-0.39, 0.29) is 0 Å². The number of rotatable bonds is 8. The van der Waals surface area contributed by atoms with Gasteiger partial charge in [0.2, 0.25) is 0 Å². The van der Waals surface area contributed by atoms with Gasteiger partial charge in [-0.25, -0.2) is 0 Å². The molecule has 1 aromatic rings. The average molecular weight is 247 g/mol. The maximum absolute atomic E-state index is 5.85. The second kappa shape index (κ2) is 7.93. The van der Waals surface area contributed by atoms with Crippen molar-refractivity contribution in [3.05, 3.63) is 42.0 Å². The van der Waals surface area contributed by atoms with Crippen molar-refractivity contribution in [1.29, 1.82) is 0 Å². The predicted molar refractivity (Wildman–Crippen MR) is 78.3 cm³/mol. The lowest BCUT2D eigenvalue weighted by Gasteiger charge is -2.15. The molecule has 1 rings (SSSR count). The van der Waals surface area contributed by atoms with Gasteiger partial charge in [-0.2, -0.15) is 0 Å². The minimum Gasteiger partial charge on any atom is -0.489 e. The Bertz CT molecular complexity index is 371. The van der Waals surface area contributed by atoms with E-state index in [1.54, 1.807) is 0 Å². The molecule has 0 aromatic heterocycles. The summed E-state index contributed by atoms with van der Waals surface area (Å²) >= 11 is 0. The van der Waals surface area contributed by atoms with Crippen LogP contribution in [0.25, 0.3) is 0 Å². The van der Waals surface area contributed by atoms with E-state index < -0.39 is 0 Å². The molecule has 0 aliphatic carbocycles. The zero-order valence-electron chi connectivity index (χ0n) is 11.8. The van der Waals surface area contributed by atoms with Crippen LogP contribution in [0.4, 0.5) is 0 Å². The van der Waals surface area contributed by atoms with Crippen molar-refractivity contribution in [1.82, 2.24) is 5.32 Å². The first-order chi connectivity index (χ1) is 8.65. The molecule has 0 atom stereocenters. The van der Waals surface area contributed by atoms with E-state index >= 15 is 0 Å². The van der Waals surface area contributed by atoms with E-state index in [0.29, 0.717) is 12.5 Å². The lowest BCUT2D eigenvalue weighted by Crippen LogP contribution is -2.20. The summed E-state index contributed by atoms with van der Waals surface area (Å²) < 4.78 is 5.85. The summed E-state index contributed by atoms with van der Waals surface area (Å²) in [5.74, 6) is 1.46. The average Bonchev–Trinajstić information content (AvgIpc) is 2.37. The smallest absolute Gasteiger partial charge is 0.123 e. The molecule has 0 saturated heterocycles. The van der Waals surface area contributed by atoms with Gasteiger partial charge in [0.1, 0.15) is 12.4 Å². The Kier molecular flexibility index (Phi) is 6.51. The Labute approximate surface area is 111 Å². The molecule has 0 amide bonds. The third-order valence-corrected chi connectivity index (χ3v) is 2.77. The van der Waals surface area contributed by atoms with Gasteiger partial charge in [0.25, 0.3) is 0 Å². The van der Waals surface area contributed by atoms with Crippen LogP contribution in [-0.4, -0.2) is 19.7 Å². The van der Waals surface area contributed by atoms with E-state index in [2.05, 4.69) is 44.8 Å². The van der Waals surface area contributed by atoms with Gasteiger partial charge in [-0.1, -0.05) is 45.5 Å². The molecule has 0 aliphatic rings. The van der Waals surface area contributed by atoms with Crippen molar-refractivity contribution in [2.24, 2.45) is 0 Å². The van der Waals surface area contributed by atoms with Crippen molar-refractivity contribution in [2.45, 2.75) is 33.1 Å². The predicted octanol–water partition coefficient (Wildman–Crippen LogP) is 3.74. The van der Waals surface area contributed by atoms with Crippen LogP contribution in [0.15, 0.2) is 36.4 Å². The topological polar surface area (TPSA) is 21.3 Å². The van der Waals surface area contributed by atoms with Crippen molar-refractivity contribution < 1.29 is 4.74 Å². The van der Waals surface area contributed by atoms with Crippen molar-refractivity contribution >= 4 is 0 Å². The van der Waals surface area contributed by atoms with Gasteiger partial charge >= 0.3 is 0 Å². The highest BCUT2D eigenvalue weighted by molar-refractivity contribution is 5.35. The molecular weight excluding hydrogens is 222 g/mol. The molecule has 0 spiro atoms. The van der Waals surface area contributed by atoms with Crippen molar-refractivity contribution in [3.8, 4) is 5.75 Å². The third kappa shape index (κ3) is 4.92. The molecule has 0 aliphatic heterocycles. The minimum atomic E-state index is 0.479. The normalized spacial score (nSPS) is 10.7. The Morgan fingerprint density at radius 3 is 2.72 bits per heavy atom. The monoisotopic (exact) mass is 247 g/mol. The minimum absolute atomic E-state index is 0.479. The van der Waals surface area contributed by atoms with Gasteiger partial charge in [0.15, 0.2) is 0 Å². The third-order valence-electron chi connectivity index (χ3n) is 2.77. The lowest BCUT2D eigenvalue weighted by molar-refractivity contribution is 0.343. The Hall–Kier alpha value is -1.28. The van der Waals surface area contributed by atoms with Crippen molar-refractivity contribution in [3.63, 3.8) is 0 Å². The summed E-state index contributed by atoms with van der Waals surface area (Å²) in [5, 5.41) is 3.33. The quantitative estimate of drug-likeness (QED) is 0.558. The summed E-state index contributed by atoms with van der Waals surface area (Å²) in [6.07, 6.45) is 1.14. The first-order valence-corrected chi connectivity index (χ1v) is 6.74. The van der Waals surface area contributed by atoms with E-state index in [9.17, 15) is 0 Å². The highest BCUT2D eigenvalue weighted by Crippen LogP contribution is 2.25. The molecule has 0 saturated carbocycles. The molecule has 0 unspecified atom stereocenters. The van der Waals surface area contributed by atoms with Crippen LogP contribution in [-0.2, 0) is 0 Å². The van der Waals surface area contributed by atoms with E-state index in [1.807, 2.05) is 12.1 Å². The zero-order valence-corrected chi connectivity index (χ0v) is 11.8. The summed E-state index contributed by atoms with van der Waals surface area (Å²) in [7, 11) is 0. The molecule has 1 aromatic carbocycles. The molecule has 18 heavy (non-hydrogen) atoms. The fourth-order valence-corrected chi connectivity index (χ4v) is 1.76. The van der Waals surface area contributed by atoms with Crippen LogP contribution >= 0.6 is 0 Å².